The van der Waals surface area contributed by atoms with Crippen molar-refractivity contribution in [3.8, 4) is 0 Å². The molecule has 0 saturated carbocycles. The van der Waals surface area contributed by atoms with E-state index in [0.29, 0.717) is 18.6 Å². The summed E-state index contributed by atoms with van der Waals surface area (Å²) in [5.41, 5.74) is -0.586. The number of hydrogen-bond acceptors (Lipinski definition) is 3. The van der Waals surface area contributed by atoms with Crippen LogP contribution in [0, 0.1) is 0 Å². The summed E-state index contributed by atoms with van der Waals surface area (Å²) in [6, 6.07) is 9.03. The predicted octanol–water partition coefficient (Wildman–Crippen LogP) is 2.13. The molecule has 0 aliphatic rings. The fourth-order valence-electron chi connectivity index (χ4n) is 1.75. The summed E-state index contributed by atoms with van der Waals surface area (Å²) in [5.74, 6) is -1.50. The topological polar surface area (TPSA) is 75.6 Å². The molecule has 110 valence electrons. The molecule has 0 aliphatic carbocycles. The fraction of sp³-hybridized carbons (Fsp3) is 0.467. The molecule has 5 heteroatoms. The molecule has 5 nitrogen and oxygen atoms in total. The molecule has 0 saturated heterocycles. The van der Waals surface area contributed by atoms with Gasteiger partial charge in [-0.3, -0.25) is 4.79 Å². The molecule has 1 aromatic carbocycles. The van der Waals surface area contributed by atoms with Crippen molar-refractivity contribution < 1.29 is 19.4 Å². The zero-order valence-electron chi connectivity index (χ0n) is 12.1. The number of carbonyl (C=O) groups is 2. The minimum Gasteiger partial charge on any atom is -0.480 e. The zero-order chi connectivity index (χ0) is 15.2. The Morgan fingerprint density at radius 2 is 1.90 bits per heavy atom. The summed E-state index contributed by atoms with van der Waals surface area (Å²) >= 11 is 0. The number of ether oxygens (including phenoxy) is 1. The van der Waals surface area contributed by atoms with Crippen LogP contribution in [0.1, 0.15) is 38.9 Å². The average molecular weight is 279 g/mol. The number of nitrogens with one attached hydrogen (secondary N) is 1. The van der Waals surface area contributed by atoms with E-state index in [4.69, 9.17) is 4.74 Å². The minimum atomic E-state index is -1.29. The van der Waals surface area contributed by atoms with E-state index in [0.717, 1.165) is 0 Å². The Morgan fingerprint density at radius 1 is 1.30 bits per heavy atom. The van der Waals surface area contributed by atoms with Crippen LogP contribution in [0.2, 0.25) is 0 Å². The van der Waals surface area contributed by atoms with Crippen LogP contribution in [-0.2, 0) is 14.3 Å². The molecule has 0 aliphatic heterocycles. The molecule has 1 aromatic rings. The third kappa shape index (κ3) is 3.81. The number of carboxylic acids is 1. The molecule has 2 atom stereocenters. The largest absolute Gasteiger partial charge is 0.480 e. The average Bonchev–Trinajstić information content (AvgIpc) is 2.45. The number of carbonyl (C=O) groups excluding carboxylic acids is 1. The molecule has 1 rings (SSSR count). The monoisotopic (exact) mass is 279 g/mol. The van der Waals surface area contributed by atoms with Gasteiger partial charge in [-0.2, -0.15) is 0 Å². The van der Waals surface area contributed by atoms with E-state index < -0.39 is 23.5 Å². The van der Waals surface area contributed by atoms with Gasteiger partial charge >= 0.3 is 5.97 Å². The maximum Gasteiger partial charge on any atom is 0.329 e. The second kappa shape index (κ2) is 7.05. The molecular weight excluding hydrogens is 258 g/mol. The molecule has 2 unspecified atom stereocenters. The lowest BCUT2D eigenvalue weighted by Crippen LogP contribution is -2.53. The van der Waals surface area contributed by atoms with Crippen LogP contribution in [0.25, 0.3) is 0 Å². The highest BCUT2D eigenvalue weighted by molar-refractivity contribution is 5.89. The normalized spacial score (nSPS) is 15.2. The van der Waals surface area contributed by atoms with Crippen LogP contribution in [0.5, 0.6) is 0 Å². The van der Waals surface area contributed by atoms with Gasteiger partial charge in [-0.05, 0) is 25.8 Å². The number of aliphatic carboxylic acids is 1. The Balaban J connectivity index is 2.93. The Morgan fingerprint density at radius 3 is 2.35 bits per heavy atom. The van der Waals surface area contributed by atoms with Gasteiger partial charge in [0, 0.05) is 6.61 Å². The third-order valence-corrected chi connectivity index (χ3v) is 3.25. The van der Waals surface area contributed by atoms with Crippen molar-refractivity contribution in [3.63, 3.8) is 0 Å². The van der Waals surface area contributed by atoms with Gasteiger partial charge < -0.3 is 15.2 Å². The molecule has 0 heterocycles. The molecule has 0 aromatic heterocycles. The summed E-state index contributed by atoms with van der Waals surface area (Å²) in [6.07, 6.45) is -0.506. The van der Waals surface area contributed by atoms with Gasteiger partial charge in [-0.25, -0.2) is 4.79 Å². The Bertz CT molecular complexity index is 460. The van der Waals surface area contributed by atoms with Crippen molar-refractivity contribution in [1.82, 2.24) is 5.32 Å². The number of amides is 1. The third-order valence-electron chi connectivity index (χ3n) is 3.25. The molecule has 0 spiro atoms. The van der Waals surface area contributed by atoms with E-state index in [2.05, 4.69) is 5.32 Å². The summed E-state index contributed by atoms with van der Waals surface area (Å²) < 4.78 is 5.45. The van der Waals surface area contributed by atoms with Gasteiger partial charge in [0.15, 0.2) is 6.10 Å². The lowest BCUT2D eigenvalue weighted by Gasteiger charge is -2.27. The number of rotatable bonds is 7. The van der Waals surface area contributed by atoms with E-state index in [1.54, 1.807) is 26.0 Å². The van der Waals surface area contributed by atoms with Crippen molar-refractivity contribution in [1.29, 1.82) is 0 Å². The van der Waals surface area contributed by atoms with Crippen molar-refractivity contribution in [2.75, 3.05) is 6.61 Å². The zero-order valence-corrected chi connectivity index (χ0v) is 12.1. The van der Waals surface area contributed by atoms with Crippen molar-refractivity contribution in [3.05, 3.63) is 35.9 Å². The molecule has 0 radical (unpaired) electrons. The number of carboxylic acid groups (broad SMARTS) is 1. The van der Waals surface area contributed by atoms with E-state index >= 15 is 0 Å². The first kappa shape index (κ1) is 16.2. The smallest absolute Gasteiger partial charge is 0.329 e. The van der Waals surface area contributed by atoms with E-state index in [9.17, 15) is 14.7 Å². The van der Waals surface area contributed by atoms with Crippen LogP contribution in [-0.4, -0.2) is 29.1 Å². The molecule has 1 amide bonds. The fourth-order valence-corrected chi connectivity index (χ4v) is 1.75. The van der Waals surface area contributed by atoms with Crippen LogP contribution < -0.4 is 5.32 Å². The quantitative estimate of drug-likeness (QED) is 0.801. The van der Waals surface area contributed by atoms with Gasteiger partial charge in [-0.1, -0.05) is 37.3 Å². The highest BCUT2D eigenvalue weighted by Gasteiger charge is 2.35. The molecule has 0 fully saturated rings. The first-order chi connectivity index (χ1) is 9.44. The lowest BCUT2D eigenvalue weighted by molar-refractivity contribution is -0.149. The summed E-state index contributed by atoms with van der Waals surface area (Å²) in [5, 5.41) is 11.8. The van der Waals surface area contributed by atoms with Crippen molar-refractivity contribution in [2.24, 2.45) is 0 Å². The molecule has 20 heavy (non-hydrogen) atoms. The molecular formula is C15H21NO4. The Hall–Kier alpha value is -1.88. The number of benzene rings is 1. The highest BCUT2D eigenvalue weighted by Crippen LogP contribution is 2.19. The summed E-state index contributed by atoms with van der Waals surface area (Å²) in [4.78, 5) is 23.6. The maximum absolute atomic E-state index is 12.3. The van der Waals surface area contributed by atoms with Gasteiger partial charge in [0.1, 0.15) is 5.54 Å². The van der Waals surface area contributed by atoms with Crippen LogP contribution in [0.4, 0.5) is 0 Å². The SMILES string of the molecule is CCOC(C(=O)NC(C)(CC)C(=O)O)c1ccccc1. The van der Waals surface area contributed by atoms with Crippen LogP contribution in [0.3, 0.4) is 0 Å². The molecule has 0 bridgehead atoms. The van der Waals surface area contributed by atoms with Crippen LogP contribution >= 0.6 is 0 Å². The van der Waals surface area contributed by atoms with Gasteiger partial charge in [0.05, 0.1) is 0 Å². The second-order valence-corrected chi connectivity index (χ2v) is 4.73. The first-order valence-corrected chi connectivity index (χ1v) is 6.66. The number of hydrogen-bond donors (Lipinski definition) is 2. The van der Waals surface area contributed by atoms with Crippen LogP contribution in [0.15, 0.2) is 30.3 Å². The lowest BCUT2D eigenvalue weighted by atomic mass is 9.98. The van der Waals surface area contributed by atoms with E-state index in [1.807, 2.05) is 18.2 Å². The minimum absolute atomic E-state index is 0.293. The van der Waals surface area contributed by atoms with Gasteiger partial charge in [0.2, 0.25) is 0 Å². The Labute approximate surface area is 118 Å². The predicted molar refractivity (Wildman–Crippen MR) is 75.3 cm³/mol. The van der Waals surface area contributed by atoms with Crippen molar-refractivity contribution in [2.45, 2.75) is 38.8 Å². The van der Waals surface area contributed by atoms with E-state index in [-0.39, 0.29) is 0 Å². The van der Waals surface area contributed by atoms with Crippen molar-refractivity contribution >= 4 is 11.9 Å². The second-order valence-electron chi connectivity index (χ2n) is 4.73. The first-order valence-electron chi connectivity index (χ1n) is 6.66. The van der Waals surface area contributed by atoms with Gasteiger partial charge in [-0.15, -0.1) is 0 Å². The summed E-state index contributed by atoms with van der Waals surface area (Å²) in [7, 11) is 0. The van der Waals surface area contributed by atoms with E-state index in [1.165, 1.54) is 6.92 Å². The summed E-state index contributed by atoms with van der Waals surface area (Å²) in [6.45, 7) is 5.36. The maximum atomic E-state index is 12.3. The van der Waals surface area contributed by atoms with Gasteiger partial charge in [0.25, 0.3) is 5.91 Å². The standard InChI is InChI=1S/C15H21NO4/c1-4-15(3,14(18)19)16-13(17)12(20-5-2)11-9-7-6-8-10-11/h6-10,12H,4-5H2,1-3H3,(H,16,17)(H,18,19). The Kier molecular flexibility index (Phi) is 5.70. The highest BCUT2D eigenvalue weighted by atomic mass is 16.5. The molecule has 2 N–H and O–H groups in total.